The molecule has 0 aliphatic heterocycles. The fourth-order valence-electron chi connectivity index (χ4n) is 3.08. The minimum absolute atomic E-state index is 0.0958. The van der Waals surface area contributed by atoms with Crippen molar-refractivity contribution in [3.05, 3.63) is 92.6 Å². The zero-order valence-corrected chi connectivity index (χ0v) is 17.2. The summed E-state index contributed by atoms with van der Waals surface area (Å²) < 4.78 is 7.13. The van der Waals surface area contributed by atoms with Crippen LogP contribution >= 0.6 is 23.4 Å². The van der Waals surface area contributed by atoms with Crippen LogP contribution < -0.4 is 5.56 Å². The van der Waals surface area contributed by atoms with Gasteiger partial charge in [0.25, 0.3) is 5.56 Å². The molecule has 0 saturated carbocycles. The first kappa shape index (κ1) is 18.8. The van der Waals surface area contributed by atoms with E-state index in [2.05, 4.69) is 32.0 Å². The third-order valence-corrected chi connectivity index (χ3v) is 5.90. The van der Waals surface area contributed by atoms with Crippen LogP contribution in [-0.2, 0) is 12.3 Å². The molecule has 0 aliphatic carbocycles. The number of furan rings is 1. The predicted molar refractivity (Wildman–Crippen MR) is 114 cm³/mol. The average Bonchev–Trinajstić information content (AvgIpc) is 3.18. The lowest BCUT2D eigenvalue weighted by molar-refractivity contribution is 0.476. The van der Waals surface area contributed by atoms with Gasteiger partial charge in [-0.05, 0) is 55.3 Å². The summed E-state index contributed by atoms with van der Waals surface area (Å²) in [6.07, 6.45) is 1.61. The Morgan fingerprint density at radius 1 is 1.14 bits per heavy atom. The number of benzene rings is 2. The van der Waals surface area contributed by atoms with Crippen molar-refractivity contribution in [2.24, 2.45) is 0 Å². The Morgan fingerprint density at radius 3 is 2.79 bits per heavy atom. The Kier molecular flexibility index (Phi) is 5.29. The molecule has 2 aromatic heterocycles. The fraction of sp³-hybridized carbons (Fsp3) is 0.182. The van der Waals surface area contributed by atoms with Gasteiger partial charge in [-0.25, -0.2) is 4.98 Å². The average molecular weight is 411 g/mol. The molecule has 2 aromatic carbocycles. The minimum Gasteiger partial charge on any atom is -0.467 e. The molecule has 4 aromatic rings. The van der Waals surface area contributed by atoms with E-state index in [1.54, 1.807) is 40.8 Å². The third-order valence-electron chi connectivity index (χ3n) is 4.64. The molecule has 0 unspecified atom stereocenters. The first-order chi connectivity index (χ1) is 13.5. The molecule has 0 radical (unpaired) electrons. The van der Waals surface area contributed by atoms with Gasteiger partial charge in [0, 0.05) is 10.8 Å². The molecule has 4 rings (SSSR count). The monoisotopic (exact) mass is 410 g/mol. The van der Waals surface area contributed by atoms with Gasteiger partial charge in [-0.15, -0.1) is 0 Å². The molecule has 0 N–H and O–H groups in total. The van der Waals surface area contributed by atoms with Gasteiger partial charge >= 0.3 is 0 Å². The van der Waals surface area contributed by atoms with Crippen LogP contribution in [0.15, 0.2) is 69.2 Å². The summed E-state index contributed by atoms with van der Waals surface area (Å²) in [4.78, 5) is 17.9. The van der Waals surface area contributed by atoms with E-state index in [0.717, 1.165) is 5.75 Å². The summed E-state index contributed by atoms with van der Waals surface area (Å²) in [7, 11) is 0. The second-order valence-electron chi connectivity index (χ2n) is 6.75. The zero-order valence-electron chi connectivity index (χ0n) is 15.6. The van der Waals surface area contributed by atoms with Gasteiger partial charge in [-0.3, -0.25) is 9.36 Å². The molecule has 28 heavy (non-hydrogen) atoms. The van der Waals surface area contributed by atoms with Crippen LogP contribution in [0, 0.1) is 13.8 Å². The van der Waals surface area contributed by atoms with Gasteiger partial charge in [-0.2, -0.15) is 0 Å². The number of hydrogen-bond acceptors (Lipinski definition) is 4. The summed E-state index contributed by atoms with van der Waals surface area (Å²) in [5.74, 6) is 1.44. The number of hydrogen-bond donors (Lipinski definition) is 0. The van der Waals surface area contributed by atoms with Crippen molar-refractivity contribution in [3.63, 3.8) is 0 Å². The number of aromatic nitrogens is 2. The lowest BCUT2D eigenvalue weighted by Gasteiger charge is -2.13. The first-order valence-corrected chi connectivity index (χ1v) is 10.3. The second-order valence-corrected chi connectivity index (χ2v) is 8.12. The van der Waals surface area contributed by atoms with E-state index in [0.29, 0.717) is 33.4 Å². The van der Waals surface area contributed by atoms with Crippen molar-refractivity contribution < 1.29 is 4.42 Å². The summed E-state index contributed by atoms with van der Waals surface area (Å²) in [6.45, 7) is 4.52. The minimum atomic E-state index is -0.0958. The molecule has 2 heterocycles. The van der Waals surface area contributed by atoms with Crippen molar-refractivity contribution in [2.75, 3.05) is 0 Å². The Bertz CT molecular complexity index is 1200. The number of fused-ring (bicyclic) bond motifs is 1. The largest absolute Gasteiger partial charge is 0.467 e. The van der Waals surface area contributed by atoms with Gasteiger partial charge in [0.2, 0.25) is 0 Å². The van der Waals surface area contributed by atoms with Crippen LogP contribution in [0.4, 0.5) is 0 Å². The lowest BCUT2D eigenvalue weighted by Crippen LogP contribution is -2.23. The number of nitrogens with zero attached hydrogens (tertiary/aromatic N) is 2. The van der Waals surface area contributed by atoms with Gasteiger partial charge in [0.15, 0.2) is 5.16 Å². The van der Waals surface area contributed by atoms with Crippen LogP contribution in [-0.4, -0.2) is 9.55 Å². The van der Waals surface area contributed by atoms with Crippen molar-refractivity contribution in [2.45, 2.75) is 31.3 Å². The Labute approximate surface area is 172 Å². The summed E-state index contributed by atoms with van der Waals surface area (Å²) in [6, 6.07) is 15.3. The molecule has 0 spiro atoms. The SMILES string of the molecule is Cc1ccc(C)c(CSc2nc3cc(Cl)ccc3c(=O)n2Cc2ccco2)c1. The molecule has 142 valence electrons. The maximum atomic E-state index is 13.1. The van der Waals surface area contributed by atoms with E-state index in [1.165, 1.54) is 16.7 Å². The van der Waals surface area contributed by atoms with Crippen molar-refractivity contribution in [1.82, 2.24) is 9.55 Å². The lowest BCUT2D eigenvalue weighted by atomic mass is 10.1. The second kappa shape index (κ2) is 7.86. The number of thioether (sulfide) groups is 1. The summed E-state index contributed by atoms with van der Waals surface area (Å²) >= 11 is 7.67. The molecule has 0 atom stereocenters. The third kappa shape index (κ3) is 3.86. The van der Waals surface area contributed by atoms with Gasteiger partial charge in [-0.1, -0.05) is 47.1 Å². The highest BCUT2D eigenvalue weighted by atomic mass is 35.5. The molecular weight excluding hydrogens is 392 g/mol. The highest BCUT2D eigenvalue weighted by Crippen LogP contribution is 2.26. The van der Waals surface area contributed by atoms with E-state index in [9.17, 15) is 4.79 Å². The summed E-state index contributed by atoms with van der Waals surface area (Å²) in [5.41, 5.74) is 4.18. The van der Waals surface area contributed by atoms with Crippen molar-refractivity contribution in [3.8, 4) is 0 Å². The van der Waals surface area contributed by atoms with E-state index >= 15 is 0 Å². The number of aryl methyl sites for hydroxylation is 2. The van der Waals surface area contributed by atoms with Crippen LogP contribution in [0.25, 0.3) is 10.9 Å². The number of halogens is 1. The predicted octanol–water partition coefficient (Wildman–Crippen LogP) is 5.60. The van der Waals surface area contributed by atoms with Gasteiger partial charge in [0.1, 0.15) is 5.76 Å². The Balaban J connectivity index is 1.78. The maximum Gasteiger partial charge on any atom is 0.262 e. The molecule has 0 amide bonds. The number of rotatable bonds is 5. The molecule has 0 aliphatic rings. The zero-order chi connectivity index (χ0) is 19.7. The fourth-order valence-corrected chi connectivity index (χ4v) is 4.31. The quantitative estimate of drug-likeness (QED) is 0.317. The smallest absolute Gasteiger partial charge is 0.262 e. The van der Waals surface area contributed by atoms with Crippen molar-refractivity contribution in [1.29, 1.82) is 0 Å². The molecular formula is C22H19ClN2O2S. The standard InChI is InChI=1S/C22H19ClN2O2S/c1-14-5-6-15(2)16(10-14)13-28-22-24-20-11-17(23)7-8-19(20)21(26)25(22)12-18-4-3-9-27-18/h3-11H,12-13H2,1-2H3. The van der Waals surface area contributed by atoms with Gasteiger partial charge in [0.05, 0.1) is 23.7 Å². The molecule has 6 heteroatoms. The molecule has 4 nitrogen and oxygen atoms in total. The van der Waals surface area contributed by atoms with E-state index in [1.807, 2.05) is 12.1 Å². The van der Waals surface area contributed by atoms with Gasteiger partial charge < -0.3 is 4.42 Å². The highest BCUT2D eigenvalue weighted by Gasteiger charge is 2.14. The highest BCUT2D eigenvalue weighted by molar-refractivity contribution is 7.98. The van der Waals surface area contributed by atoms with Crippen LogP contribution in [0.5, 0.6) is 0 Å². The van der Waals surface area contributed by atoms with E-state index in [4.69, 9.17) is 21.0 Å². The topological polar surface area (TPSA) is 48.0 Å². The molecule has 0 fully saturated rings. The normalized spacial score (nSPS) is 11.2. The molecule has 0 bridgehead atoms. The van der Waals surface area contributed by atoms with Crippen LogP contribution in [0.1, 0.15) is 22.5 Å². The molecule has 0 saturated heterocycles. The van der Waals surface area contributed by atoms with E-state index < -0.39 is 0 Å². The maximum absolute atomic E-state index is 13.1. The van der Waals surface area contributed by atoms with Crippen LogP contribution in [0.3, 0.4) is 0 Å². The Hall–Kier alpha value is -2.50. The van der Waals surface area contributed by atoms with Crippen LogP contribution in [0.2, 0.25) is 5.02 Å². The van der Waals surface area contributed by atoms with Crippen molar-refractivity contribution >= 4 is 34.3 Å². The Morgan fingerprint density at radius 2 is 2.00 bits per heavy atom. The first-order valence-electron chi connectivity index (χ1n) is 8.92. The van der Waals surface area contributed by atoms with E-state index in [-0.39, 0.29) is 5.56 Å². The summed E-state index contributed by atoms with van der Waals surface area (Å²) in [5, 5.41) is 1.76.